The minimum absolute atomic E-state index is 0.365. The van der Waals surface area contributed by atoms with Crippen LogP contribution < -0.4 is 0 Å². The molecule has 0 aliphatic heterocycles. The molecule has 0 unspecified atom stereocenters. The number of hydrogen-bond donors (Lipinski definition) is 0. The Balaban J connectivity index is 3.55. The standard InChI is InChI=1S/C3H3Br3O2/c1-2(7)8-3(4,5)6/h1H3. The predicted octanol–water partition coefficient (Wildman–Crippen LogP) is 2.35. The molecule has 0 aromatic heterocycles. The molecule has 0 saturated carbocycles. The van der Waals surface area contributed by atoms with Crippen molar-refractivity contribution in [3.63, 3.8) is 0 Å². The molecule has 0 rings (SSSR count). The maximum absolute atomic E-state index is 10.1. The third-order valence-electron chi connectivity index (χ3n) is 0.259. The first-order chi connectivity index (χ1) is 3.42. The molecule has 0 fully saturated rings. The smallest absolute Gasteiger partial charge is 0.305 e. The lowest BCUT2D eigenvalue weighted by Gasteiger charge is -2.10. The van der Waals surface area contributed by atoms with Gasteiger partial charge in [-0.25, -0.2) is 0 Å². The molecule has 0 bridgehead atoms. The molecule has 0 aromatic carbocycles. The van der Waals surface area contributed by atoms with Crippen LogP contribution in [-0.4, -0.2) is 8.30 Å². The monoisotopic (exact) mass is 308 g/mol. The van der Waals surface area contributed by atoms with Crippen molar-refractivity contribution in [2.45, 2.75) is 9.25 Å². The zero-order valence-corrected chi connectivity index (χ0v) is 8.71. The van der Waals surface area contributed by atoms with Crippen LogP contribution in [0, 0.1) is 0 Å². The van der Waals surface area contributed by atoms with Gasteiger partial charge in [0.05, 0.1) is 0 Å². The summed E-state index contributed by atoms with van der Waals surface area (Å²) in [6, 6.07) is 0. The Labute approximate surface area is 72.3 Å². The summed E-state index contributed by atoms with van der Waals surface area (Å²) in [6.07, 6.45) is 0. The summed E-state index contributed by atoms with van der Waals surface area (Å²) in [7, 11) is 0. The van der Waals surface area contributed by atoms with Crippen LogP contribution in [0.5, 0.6) is 0 Å². The van der Waals surface area contributed by atoms with E-state index in [-0.39, 0.29) is 5.97 Å². The van der Waals surface area contributed by atoms with E-state index in [0.717, 1.165) is 0 Å². The summed E-state index contributed by atoms with van der Waals surface area (Å²) < 4.78 is 3.66. The van der Waals surface area contributed by atoms with Crippen LogP contribution >= 0.6 is 47.8 Å². The van der Waals surface area contributed by atoms with Gasteiger partial charge >= 0.3 is 5.97 Å². The van der Waals surface area contributed by atoms with Gasteiger partial charge in [0.15, 0.2) is 0 Å². The summed E-state index contributed by atoms with van der Waals surface area (Å²) in [5, 5.41) is 0. The predicted molar refractivity (Wildman–Crippen MR) is 41.3 cm³/mol. The fourth-order valence-electron chi connectivity index (χ4n) is 0.163. The van der Waals surface area contributed by atoms with Crippen molar-refractivity contribution in [1.29, 1.82) is 0 Å². The average molecular weight is 311 g/mol. The number of rotatable bonds is 0. The third-order valence-corrected chi connectivity index (χ3v) is 0.745. The zero-order chi connectivity index (χ0) is 6.78. The number of carbonyl (C=O) groups is 1. The van der Waals surface area contributed by atoms with E-state index in [2.05, 4.69) is 52.5 Å². The molecule has 0 aromatic rings. The summed E-state index contributed by atoms with van der Waals surface area (Å²) in [5.74, 6) is -0.365. The van der Waals surface area contributed by atoms with Crippen LogP contribution in [0.2, 0.25) is 0 Å². The number of hydrogen-bond acceptors (Lipinski definition) is 2. The third kappa shape index (κ3) is 6.91. The lowest BCUT2D eigenvalue weighted by atomic mass is 10.8. The largest absolute Gasteiger partial charge is 0.427 e. The first-order valence-electron chi connectivity index (χ1n) is 1.68. The molecule has 0 atom stereocenters. The van der Waals surface area contributed by atoms with Crippen LogP contribution in [0.1, 0.15) is 6.92 Å². The van der Waals surface area contributed by atoms with E-state index in [0.29, 0.717) is 0 Å². The summed E-state index contributed by atoms with van der Waals surface area (Å²) in [4.78, 5) is 10.1. The van der Waals surface area contributed by atoms with Gasteiger partial charge in [-0.05, 0) is 47.8 Å². The lowest BCUT2D eigenvalue weighted by molar-refractivity contribution is -0.140. The van der Waals surface area contributed by atoms with Gasteiger partial charge in [-0.15, -0.1) is 0 Å². The Morgan fingerprint density at radius 3 is 1.88 bits per heavy atom. The van der Waals surface area contributed by atoms with Crippen LogP contribution in [-0.2, 0) is 9.53 Å². The SMILES string of the molecule is CC(=O)OC(Br)(Br)Br. The Morgan fingerprint density at radius 2 is 1.88 bits per heavy atom. The molecule has 0 heterocycles. The highest BCUT2D eigenvalue weighted by molar-refractivity contribution is 9.39. The Bertz CT molecular complexity index is 95.2. The van der Waals surface area contributed by atoms with E-state index in [1.165, 1.54) is 6.92 Å². The summed E-state index contributed by atoms with van der Waals surface area (Å²) >= 11 is 8.91. The second kappa shape index (κ2) is 3.17. The number of alkyl halides is 3. The topological polar surface area (TPSA) is 26.3 Å². The maximum Gasteiger partial charge on any atom is 0.305 e. The quantitative estimate of drug-likeness (QED) is 0.507. The first kappa shape index (κ1) is 8.91. The highest BCUT2D eigenvalue weighted by Gasteiger charge is 2.20. The molecular weight excluding hydrogens is 308 g/mol. The van der Waals surface area contributed by atoms with E-state index in [9.17, 15) is 4.79 Å². The molecule has 0 aliphatic carbocycles. The normalized spacial score (nSPS) is 11.0. The Hall–Kier alpha value is 0.910. The van der Waals surface area contributed by atoms with Gasteiger partial charge in [0.25, 0.3) is 2.33 Å². The van der Waals surface area contributed by atoms with Gasteiger partial charge in [-0.2, -0.15) is 0 Å². The maximum atomic E-state index is 10.1. The summed E-state index contributed by atoms with van der Waals surface area (Å²) in [5.41, 5.74) is 0. The molecule has 0 radical (unpaired) electrons. The van der Waals surface area contributed by atoms with Crippen molar-refractivity contribution in [2.24, 2.45) is 0 Å². The number of ether oxygens (including phenoxy) is 1. The van der Waals surface area contributed by atoms with Crippen molar-refractivity contribution in [2.75, 3.05) is 0 Å². The minimum Gasteiger partial charge on any atom is -0.427 e. The highest BCUT2D eigenvalue weighted by atomic mass is 80.0. The zero-order valence-electron chi connectivity index (χ0n) is 3.95. The Kier molecular flexibility index (Phi) is 3.53. The molecule has 0 N–H and O–H groups in total. The number of esters is 1. The lowest BCUT2D eigenvalue weighted by Crippen LogP contribution is -2.10. The molecule has 48 valence electrons. The van der Waals surface area contributed by atoms with E-state index in [1.807, 2.05) is 0 Å². The van der Waals surface area contributed by atoms with Crippen molar-refractivity contribution in [1.82, 2.24) is 0 Å². The Morgan fingerprint density at radius 1 is 1.50 bits per heavy atom. The molecule has 0 saturated heterocycles. The van der Waals surface area contributed by atoms with Gasteiger partial charge in [0, 0.05) is 6.92 Å². The fourth-order valence-corrected chi connectivity index (χ4v) is 0.847. The van der Waals surface area contributed by atoms with Gasteiger partial charge < -0.3 is 4.74 Å². The van der Waals surface area contributed by atoms with E-state index < -0.39 is 2.33 Å². The molecular formula is C3H3Br3O2. The van der Waals surface area contributed by atoms with Crippen LogP contribution in [0.3, 0.4) is 0 Å². The van der Waals surface area contributed by atoms with E-state index >= 15 is 0 Å². The van der Waals surface area contributed by atoms with Gasteiger partial charge in [0.2, 0.25) is 0 Å². The van der Waals surface area contributed by atoms with Crippen molar-refractivity contribution in [3.05, 3.63) is 0 Å². The average Bonchev–Trinajstić information content (AvgIpc) is 1.21. The second-order valence-electron chi connectivity index (χ2n) is 1.04. The molecule has 0 amide bonds. The molecule has 0 spiro atoms. The number of halogens is 3. The van der Waals surface area contributed by atoms with Gasteiger partial charge in [0.1, 0.15) is 0 Å². The van der Waals surface area contributed by atoms with Crippen molar-refractivity contribution < 1.29 is 9.53 Å². The van der Waals surface area contributed by atoms with Crippen LogP contribution in [0.15, 0.2) is 0 Å². The van der Waals surface area contributed by atoms with E-state index in [1.54, 1.807) is 0 Å². The van der Waals surface area contributed by atoms with Crippen LogP contribution in [0.4, 0.5) is 0 Å². The minimum atomic E-state index is -0.890. The first-order valence-corrected chi connectivity index (χ1v) is 4.06. The number of carbonyl (C=O) groups excluding carboxylic acids is 1. The fraction of sp³-hybridized carbons (Fsp3) is 0.667. The molecule has 0 aliphatic rings. The molecule has 2 nitrogen and oxygen atoms in total. The highest BCUT2D eigenvalue weighted by Crippen LogP contribution is 2.34. The van der Waals surface area contributed by atoms with Gasteiger partial charge in [-0.3, -0.25) is 4.79 Å². The molecule has 5 heteroatoms. The second-order valence-corrected chi connectivity index (χ2v) is 7.58. The van der Waals surface area contributed by atoms with E-state index in [4.69, 9.17) is 0 Å². The van der Waals surface area contributed by atoms with Crippen LogP contribution in [0.25, 0.3) is 0 Å². The molecule has 8 heavy (non-hydrogen) atoms. The van der Waals surface area contributed by atoms with Gasteiger partial charge in [-0.1, -0.05) is 0 Å². The van der Waals surface area contributed by atoms with Crippen molar-refractivity contribution in [3.8, 4) is 0 Å². The summed E-state index contributed by atoms with van der Waals surface area (Å²) in [6.45, 7) is 1.32. The van der Waals surface area contributed by atoms with Crippen molar-refractivity contribution >= 4 is 53.8 Å².